The molecule has 0 rings (SSSR count). The molecule has 0 aromatic carbocycles. The molecule has 112 valence electrons. The van der Waals surface area contributed by atoms with Crippen molar-refractivity contribution in [2.24, 2.45) is 0 Å². The van der Waals surface area contributed by atoms with E-state index in [9.17, 15) is 16.8 Å². The molecule has 0 spiro atoms. The normalized spacial score (nSPS) is 15.8. The SMILES string of the molecule is CCCC(OC(CCC)S(=O)(=O)O)S(=O)(=O)O.Cl. The number of ether oxygens (including phenoxy) is 1. The molecule has 2 atom stereocenters. The van der Waals surface area contributed by atoms with Crippen LogP contribution in [0, 0.1) is 0 Å². The number of halogens is 1. The summed E-state index contributed by atoms with van der Waals surface area (Å²) >= 11 is 0. The lowest BCUT2D eigenvalue weighted by Gasteiger charge is -2.20. The molecule has 0 fully saturated rings. The van der Waals surface area contributed by atoms with Gasteiger partial charge in [0, 0.05) is 0 Å². The molecule has 0 radical (unpaired) electrons. The summed E-state index contributed by atoms with van der Waals surface area (Å²) in [5.41, 5.74) is -3.27. The highest BCUT2D eigenvalue weighted by atomic mass is 35.5. The Labute approximate surface area is 114 Å². The van der Waals surface area contributed by atoms with Gasteiger partial charge in [0.05, 0.1) is 0 Å². The number of hydrogen-bond acceptors (Lipinski definition) is 5. The van der Waals surface area contributed by atoms with Crippen LogP contribution in [0.25, 0.3) is 0 Å². The minimum atomic E-state index is -4.50. The van der Waals surface area contributed by atoms with Crippen molar-refractivity contribution in [2.45, 2.75) is 50.4 Å². The van der Waals surface area contributed by atoms with Crippen molar-refractivity contribution < 1.29 is 30.7 Å². The van der Waals surface area contributed by atoms with Crippen LogP contribution in [-0.2, 0) is 25.0 Å². The van der Waals surface area contributed by atoms with E-state index in [1.54, 1.807) is 13.8 Å². The van der Waals surface area contributed by atoms with Crippen LogP contribution in [0.3, 0.4) is 0 Å². The Morgan fingerprint density at radius 3 is 1.33 bits per heavy atom. The minimum absolute atomic E-state index is 0. The fourth-order valence-corrected chi connectivity index (χ4v) is 2.90. The van der Waals surface area contributed by atoms with Gasteiger partial charge in [-0.3, -0.25) is 9.11 Å². The van der Waals surface area contributed by atoms with Crippen molar-refractivity contribution in [1.29, 1.82) is 0 Å². The molecular weight excluding hydrogens is 308 g/mol. The maximum absolute atomic E-state index is 10.9. The van der Waals surface area contributed by atoms with Crippen molar-refractivity contribution in [3.63, 3.8) is 0 Å². The minimum Gasteiger partial charge on any atom is -0.338 e. The van der Waals surface area contributed by atoms with Crippen molar-refractivity contribution in [1.82, 2.24) is 0 Å². The van der Waals surface area contributed by atoms with Crippen LogP contribution in [0.4, 0.5) is 0 Å². The van der Waals surface area contributed by atoms with E-state index in [1.165, 1.54) is 0 Å². The van der Waals surface area contributed by atoms with Crippen molar-refractivity contribution in [3.8, 4) is 0 Å². The molecule has 7 nitrogen and oxygen atoms in total. The van der Waals surface area contributed by atoms with Crippen LogP contribution in [0.2, 0.25) is 0 Å². The molecule has 0 aromatic rings. The van der Waals surface area contributed by atoms with Gasteiger partial charge in [0.25, 0.3) is 20.2 Å². The van der Waals surface area contributed by atoms with Crippen LogP contribution < -0.4 is 0 Å². The van der Waals surface area contributed by atoms with Gasteiger partial charge < -0.3 is 4.74 Å². The van der Waals surface area contributed by atoms with Crippen LogP contribution in [0.1, 0.15) is 39.5 Å². The van der Waals surface area contributed by atoms with Gasteiger partial charge in [-0.2, -0.15) is 16.8 Å². The Balaban J connectivity index is 0. The molecule has 0 bridgehead atoms. The molecule has 2 unspecified atom stereocenters. The third-order valence-corrected chi connectivity index (χ3v) is 4.04. The molecule has 0 aliphatic heterocycles. The van der Waals surface area contributed by atoms with Crippen LogP contribution in [-0.4, -0.2) is 36.8 Å². The predicted octanol–water partition coefficient (Wildman–Crippen LogP) is 1.45. The van der Waals surface area contributed by atoms with E-state index < -0.39 is 31.1 Å². The van der Waals surface area contributed by atoms with Crippen molar-refractivity contribution in [3.05, 3.63) is 0 Å². The van der Waals surface area contributed by atoms with Crippen LogP contribution in [0.15, 0.2) is 0 Å². The molecule has 2 N–H and O–H groups in total. The summed E-state index contributed by atoms with van der Waals surface area (Å²) in [4.78, 5) is 0. The van der Waals surface area contributed by atoms with Gasteiger partial charge in [-0.1, -0.05) is 26.7 Å². The summed E-state index contributed by atoms with van der Waals surface area (Å²) in [7, 11) is -9.00. The summed E-state index contributed by atoms with van der Waals surface area (Å²) in [6.07, 6.45) is 0.673. The second-order valence-electron chi connectivity index (χ2n) is 3.60. The second-order valence-corrected chi connectivity index (χ2v) is 6.71. The summed E-state index contributed by atoms with van der Waals surface area (Å²) in [6, 6.07) is 0. The van der Waals surface area contributed by atoms with E-state index in [0.29, 0.717) is 12.8 Å². The van der Waals surface area contributed by atoms with E-state index in [0.717, 1.165) is 0 Å². The van der Waals surface area contributed by atoms with Crippen molar-refractivity contribution in [2.75, 3.05) is 0 Å². The first-order chi connectivity index (χ1) is 7.62. The lowest BCUT2D eigenvalue weighted by atomic mass is 10.3. The first-order valence-corrected chi connectivity index (χ1v) is 8.21. The second kappa shape index (κ2) is 8.28. The Bertz CT molecular complexity index is 377. The molecule has 0 heterocycles. The zero-order valence-electron chi connectivity index (χ0n) is 10.1. The van der Waals surface area contributed by atoms with Gasteiger partial charge in [-0.05, 0) is 12.8 Å². The van der Waals surface area contributed by atoms with E-state index in [2.05, 4.69) is 0 Å². The summed E-state index contributed by atoms with van der Waals surface area (Å²) in [5, 5.41) is 0. The zero-order valence-corrected chi connectivity index (χ0v) is 12.6. The van der Waals surface area contributed by atoms with E-state index >= 15 is 0 Å². The van der Waals surface area contributed by atoms with E-state index in [1.807, 2.05) is 0 Å². The standard InChI is InChI=1S/C8H18O7S2.ClH/c1-3-5-7(16(9,10)11)15-8(6-4-2)17(12,13)14;/h7-8H,3-6H2,1-2H3,(H,9,10,11)(H,12,13,14);1H. The molecule has 0 saturated heterocycles. The van der Waals surface area contributed by atoms with Crippen molar-refractivity contribution >= 4 is 32.6 Å². The molecule has 18 heavy (non-hydrogen) atoms. The van der Waals surface area contributed by atoms with Gasteiger partial charge >= 0.3 is 0 Å². The fourth-order valence-electron chi connectivity index (χ4n) is 1.22. The van der Waals surface area contributed by atoms with Gasteiger partial charge in [0.1, 0.15) is 0 Å². The van der Waals surface area contributed by atoms with Gasteiger partial charge in [-0.15, -0.1) is 12.4 Å². The van der Waals surface area contributed by atoms with Crippen LogP contribution >= 0.6 is 12.4 Å². The average molecular weight is 327 g/mol. The molecule has 0 aromatic heterocycles. The molecular formula is C8H19ClO7S2. The third kappa shape index (κ3) is 7.49. The molecule has 0 aliphatic carbocycles. The van der Waals surface area contributed by atoms with Crippen LogP contribution in [0.5, 0.6) is 0 Å². The highest BCUT2D eigenvalue weighted by Gasteiger charge is 2.32. The highest BCUT2D eigenvalue weighted by molar-refractivity contribution is 7.87. The van der Waals surface area contributed by atoms with Gasteiger partial charge in [-0.25, -0.2) is 0 Å². The van der Waals surface area contributed by atoms with E-state index in [-0.39, 0.29) is 25.2 Å². The van der Waals surface area contributed by atoms with Gasteiger partial charge in [0.15, 0.2) is 10.9 Å². The number of rotatable bonds is 8. The Morgan fingerprint density at radius 2 is 1.17 bits per heavy atom. The average Bonchev–Trinajstić information content (AvgIpc) is 2.12. The Hall–Kier alpha value is 0.0700. The lowest BCUT2D eigenvalue weighted by molar-refractivity contribution is 0.0578. The first-order valence-electron chi connectivity index (χ1n) is 5.21. The first kappa shape index (κ1) is 20.4. The third-order valence-electron chi connectivity index (χ3n) is 2.02. The monoisotopic (exact) mass is 326 g/mol. The molecule has 10 heteroatoms. The zero-order chi connectivity index (χ0) is 13.7. The highest BCUT2D eigenvalue weighted by Crippen LogP contribution is 2.17. The summed E-state index contributed by atoms with van der Waals surface area (Å²) in [6.45, 7) is 3.31. The maximum Gasteiger partial charge on any atom is 0.292 e. The molecule has 0 saturated carbocycles. The predicted molar refractivity (Wildman–Crippen MR) is 68.8 cm³/mol. The summed E-state index contributed by atoms with van der Waals surface area (Å²) < 4.78 is 66.3. The quantitative estimate of drug-likeness (QED) is 0.648. The molecule has 0 aliphatic rings. The summed E-state index contributed by atoms with van der Waals surface area (Å²) in [5.74, 6) is 0. The Kier molecular flexibility index (Phi) is 9.38. The maximum atomic E-state index is 10.9. The number of hydrogen-bond donors (Lipinski definition) is 2. The smallest absolute Gasteiger partial charge is 0.292 e. The fraction of sp³-hybridized carbons (Fsp3) is 1.00. The lowest BCUT2D eigenvalue weighted by Crippen LogP contribution is -2.33. The Morgan fingerprint density at radius 1 is 0.889 bits per heavy atom. The molecule has 0 amide bonds. The van der Waals surface area contributed by atoms with Gasteiger partial charge in [0.2, 0.25) is 0 Å². The van der Waals surface area contributed by atoms with E-state index in [4.69, 9.17) is 13.8 Å². The topological polar surface area (TPSA) is 118 Å². The largest absolute Gasteiger partial charge is 0.338 e.